The van der Waals surface area contributed by atoms with E-state index in [0.717, 1.165) is 44.1 Å². The van der Waals surface area contributed by atoms with Crippen LogP contribution in [0.1, 0.15) is 13.8 Å². The molecule has 188 valence electrons. The molecule has 0 atom stereocenters. The van der Waals surface area contributed by atoms with E-state index < -0.39 is 12.7 Å². The van der Waals surface area contributed by atoms with Crippen LogP contribution in [0.4, 0.5) is 0 Å². The van der Waals surface area contributed by atoms with Gasteiger partial charge in [0.25, 0.3) is 0 Å². The van der Waals surface area contributed by atoms with E-state index >= 15 is 0 Å². The lowest BCUT2D eigenvalue weighted by Gasteiger charge is -2.15. The Morgan fingerprint density at radius 1 is 0.692 bits per heavy atom. The number of hydrogen-bond acceptors (Lipinski definition) is 6. The Balaban J connectivity index is 1.44. The Labute approximate surface area is 226 Å². The largest absolute Gasteiger partial charge is 0.563 e. The minimum atomic E-state index is -0.560. The molecule has 1 saturated heterocycles. The second-order valence-electron chi connectivity index (χ2n) is 10.1. The Kier molecular flexibility index (Phi) is 5.35. The van der Waals surface area contributed by atoms with E-state index in [1.54, 1.807) is 0 Å². The summed E-state index contributed by atoms with van der Waals surface area (Å²) in [5.74, 6) is 2.40. The summed E-state index contributed by atoms with van der Waals surface area (Å²) in [5.41, 5.74) is 4.54. The smallest absolute Gasteiger partial charge is 0.534 e. The first-order valence-corrected chi connectivity index (χ1v) is 12.8. The van der Waals surface area contributed by atoms with Gasteiger partial charge >= 0.3 is 7.12 Å². The third-order valence-corrected chi connectivity index (χ3v) is 7.05. The molecule has 0 radical (unpaired) electrons. The number of benzene rings is 4. The number of rotatable bonds is 4. The number of fused-ring (bicyclic) bond motifs is 3. The van der Waals surface area contributed by atoms with Crippen molar-refractivity contribution < 1.29 is 13.7 Å². The van der Waals surface area contributed by atoms with Crippen LogP contribution in [-0.4, -0.2) is 27.7 Å². The van der Waals surface area contributed by atoms with E-state index in [1.807, 2.05) is 105 Å². The van der Waals surface area contributed by atoms with Crippen molar-refractivity contribution in [2.45, 2.75) is 19.4 Å². The Morgan fingerprint density at radius 3 is 1.95 bits per heavy atom. The molecule has 1 aliphatic rings. The van der Waals surface area contributed by atoms with Gasteiger partial charge in [-0.05, 0) is 37.5 Å². The van der Waals surface area contributed by atoms with Gasteiger partial charge in [-0.25, -0.2) is 15.0 Å². The summed E-state index contributed by atoms with van der Waals surface area (Å²) in [5, 5.41) is 1.86. The second-order valence-corrected chi connectivity index (χ2v) is 10.1. The third kappa shape index (κ3) is 4.08. The van der Waals surface area contributed by atoms with Crippen molar-refractivity contribution in [1.82, 2.24) is 15.0 Å². The highest BCUT2D eigenvalue weighted by molar-refractivity contribution is 6.62. The number of aromatic nitrogens is 3. The maximum absolute atomic E-state index is 6.25. The second kappa shape index (κ2) is 8.93. The van der Waals surface area contributed by atoms with Crippen molar-refractivity contribution in [2.24, 2.45) is 0 Å². The molecule has 2 aromatic heterocycles. The van der Waals surface area contributed by atoms with Crippen molar-refractivity contribution in [1.29, 1.82) is 0 Å². The minimum absolute atomic E-state index is 0.541. The van der Waals surface area contributed by atoms with Crippen LogP contribution >= 0.6 is 0 Å². The summed E-state index contributed by atoms with van der Waals surface area (Å²) in [6.45, 7) is 7.92. The molecule has 3 heterocycles. The fourth-order valence-corrected chi connectivity index (χ4v) is 4.87. The molecular formula is C32H24BN3O3. The minimum Gasteiger partial charge on any atom is -0.534 e. The predicted molar refractivity (Wildman–Crippen MR) is 154 cm³/mol. The van der Waals surface area contributed by atoms with Gasteiger partial charge < -0.3 is 13.7 Å². The lowest BCUT2D eigenvalue weighted by atomic mass is 9.78. The third-order valence-electron chi connectivity index (χ3n) is 7.05. The average molecular weight is 509 g/mol. The molecular weight excluding hydrogens is 485 g/mol. The van der Waals surface area contributed by atoms with Crippen molar-refractivity contribution >= 4 is 34.5 Å². The molecule has 0 aliphatic carbocycles. The SMILES string of the molecule is C=C1OB(c2ccc3oc4cccc(-c5nc(-c6ccccc6)nc(-c6ccccc6)n5)c4c3c2)OC1(C)C. The molecule has 0 saturated carbocycles. The van der Waals surface area contributed by atoms with Crippen molar-refractivity contribution in [3.8, 4) is 34.2 Å². The van der Waals surface area contributed by atoms with E-state index in [0.29, 0.717) is 23.2 Å². The van der Waals surface area contributed by atoms with Gasteiger partial charge in [-0.15, -0.1) is 0 Å². The maximum atomic E-state index is 6.25. The first-order valence-electron chi connectivity index (χ1n) is 12.8. The zero-order valence-corrected chi connectivity index (χ0v) is 21.6. The van der Waals surface area contributed by atoms with Gasteiger partial charge in [0.1, 0.15) is 16.8 Å². The van der Waals surface area contributed by atoms with Gasteiger partial charge in [-0.3, -0.25) is 0 Å². The van der Waals surface area contributed by atoms with Gasteiger partial charge in [0, 0.05) is 27.5 Å². The molecule has 6 nitrogen and oxygen atoms in total. The van der Waals surface area contributed by atoms with Gasteiger partial charge in [-0.1, -0.05) is 85.4 Å². The summed E-state index contributed by atoms with van der Waals surface area (Å²) >= 11 is 0. The van der Waals surface area contributed by atoms with Crippen LogP contribution in [0.15, 0.2) is 114 Å². The molecule has 1 aliphatic heterocycles. The van der Waals surface area contributed by atoms with Crippen LogP contribution in [-0.2, 0) is 9.31 Å². The molecule has 0 bridgehead atoms. The molecule has 7 heteroatoms. The van der Waals surface area contributed by atoms with E-state index in [2.05, 4.69) is 12.6 Å². The molecule has 0 spiro atoms. The Morgan fingerprint density at radius 2 is 1.33 bits per heavy atom. The summed E-state index contributed by atoms with van der Waals surface area (Å²) in [7, 11) is -0.541. The molecule has 39 heavy (non-hydrogen) atoms. The normalized spacial score (nSPS) is 14.7. The summed E-state index contributed by atoms with van der Waals surface area (Å²) in [6.07, 6.45) is 0. The Hall–Kier alpha value is -4.75. The van der Waals surface area contributed by atoms with Gasteiger partial charge in [0.2, 0.25) is 0 Å². The molecule has 0 unspecified atom stereocenters. The monoisotopic (exact) mass is 509 g/mol. The van der Waals surface area contributed by atoms with Crippen molar-refractivity contribution in [3.05, 3.63) is 109 Å². The number of hydrogen-bond donors (Lipinski definition) is 0. The van der Waals surface area contributed by atoms with E-state index in [4.69, 9.17) is 28.7 Å². The number of nitrogens with zero attached hydrogens (tertiary/aromatic N) is 3. The molecule has 6 aromatic rings. The highest BCUT2D eigenvalue weighted by Crippen LogP contribution is 2.37. The standard InChI is InChI=1S/C32H24BN3O3/c1-20-32(2,3)39-33(38-20)23-17-18-26-25(19-23)28-24(15-10-16-27(28)37-26)31-35-29(21-11-6-4-7-12-21)34-30(36-31)22-13-8-5-9-14-22/h4-19H,1H2,2-3H3. The summed E-state index contributed by atoms with van der Waals surface area (Å²) in [6, 6.07) is 31.8. The van der Waals surface area contributed by atoms with Crippen LogP contribution < -0.4 is 5.46 Å². The highest BCUT2D eigenvalue weighted by atomic mass is 16.7. The van der Waals surface area contributed by atoms with Crippen LogP contribution in [0.25, 0.3) is 56.1 Å². The summed E-state index contributed by atoms with van der Waals surface area (Å²) in [4.78, 5) is 14.7. The van der Waals surface area contributed by atoms with E-state index in [1.165, 1.54) is 0 Å². The van der Waals surface area contributed by atoms with Crippen LogP contribution in [0.2, 0.25) is 0 Å². The summed E-state index contributed by atoms with van der Waals surface area (Å²) < 4.78 is 18.4. The molecule has 0 amide bonds. The van der Waals surface area contributed by atoms with Crippen LogP contribution in [0.5, 0.6) is 0 Å². The van der Waals surface area contributed by atoms with Crippen LogP contribution in [0.3, 0.4) is 0 Å². The zero-order valence-electron chi connectivity index (χ0n) is 21.6. The van der Waals surface area contributed by atoms with Crippen molar-refractivity contribution in [2.75, 3.05) is 0 Å². The molecule has 4 aromatic carbocycles. The molecule has 7 rings (SSSR count). The first kappa shape index (κ1) is 23.4. The Bertz CT molecular complexity index is 1810. The molecule has 1 fully saturated rings. The average Bonchev–Trinajstić information content (AvgIpc) is 3.48. The zero-order chi connectivity index (χ0) is 26.6. The lowest BCUT2D eigenvalue weighted by molar-refractivity contribution is 0.173. The predicted octanol–water partition coefficient (Wildman–Crippen LogP) is 6.81. The maximum Gasteiger partial charge on any atom is 0.563 e. The fourth-order valence-electron chi connectivity index (χ4n) is 4.87. The fraction of sp³-hybridized carbons (Fsp3) is 0.0938. The molecule has 0 N–H and O–H groups in total. The quantitative estimate of drug-likeness (QED) is 0.243. The number of furan rings is 1. The van der Waals surface area contributed by atoms with Gasteiger partial charge in [0.05, 0.1) is 5.76 Å². The lowest BCUT2D eigenvalue weighted by Crippen LogP contribution is -2.34. The highest BCUT2D eigenvalue weighted by Gasteiger charge is 2.43. The first-order chi connectivity index (χ1) is 19.0. The van der Waals surface area contributed by atoms with Crippen molar-refractivity contribution in [3.63, 3.8) is 0 Å². The van der Waals surface area contributed by atoms with Gasteiger partial charge in [0.15, 0.2) is 17.5 Å². The topological polar surface area (TPSA) is 70.3 Å². The van der Waals surface area contributed by atoms with E-state index in [-0.39, 0.29) is 0 Å². The van der Waals surface area contributed by atoms with Gasteiger partial charge in [-0.2, -0.15) is 0 Å². The van der Waals surface area contributed by atoms with E-state index in [9.17, 15) is 0 Å². The van der Waals surface area contributed by atoms with Crippen LogP contribution in [0, 0.1) is 0 Å².